The van der Waals surface area contributed by atoms with Crippen molar-refractivity contribution in [2.45, 2.75) is 136 Å². The Morgan fingerprint density at radius 3 is 1.25 bits per heavy atom. The van der Waals surface area contributed by atoms with Crippen LogP contribution in [0.4, 0.5) is 0 Å². The minimum absolute atomic E-state index is 0.589. The Balaban J connectivity index is 3.10. The van der Waals surface area contributed by atoms with Crippen molar-refractivity contribution in [1.82, 2.24) is 0 Å². The molecule has 0 rings (SSSR count). The average molecular weight is 343 g/mol. The van der Waals surface area contributed by atoms with Gasteiger partial charge < -0.3 is 9.84 Å². The predicted octanol–water partition coefficient (Wildman–Crippen LogP) is 7.38. The van der Waals surface area contributed by atoms with Gasteiger partial charge in [-0.1, -0.05) is 103 Å². The van der Waals surface area contributed by atoms with Gasteiger partial charge in [0.2, 0.25) is 0 Å². The van der Waals surface area contributed by atoms with Crippen LogP contribution in [0.5, 0.6) is 0 Å². The van der Waals surface area contributed by atoms with Crippen LogP contribution in [-0.2, 0) is 4.74 Å². The third-order valence-electron chi connectivity index (χ3n) is 4.95. The molecule has 1 atom stereocenters. The highest BCUT2D eigenvalue weighted by atomic mass is 16.6. The summed E-state index contributed by atoms with van der Waals surface area (Å²) in [6.45, 7) is 6.59. The van der Waals surface area contributed by atoms with Crippen LogP contribution in [-0.4, -0.2) is 17.5 Å². The lowest BCUT2D eigenvalue weighted by Gasteiger charge is -2.22. The summed E-state index contributed by atoms with van der Waals surface area (Å²) >= 11 is 0. The Morgan fingerprint density at radius 2 is 0.917 bits per heavy atom. The summed E-state index contributed by atoms with van der Waals surface area (Å²) in [6.07, 6.45) is 22.9. The lowest BCUT2D eigenvalue weighted by molar-refractivity contribution is -0.191. The van der Waals surface area contributed by atoms with Gasteiger partial charge in [-0.3, -0.25) is 0 Å². The summed E-state index contributed by atoms with van der Waals surface area (Å²) in [5.41, 5.74) is 0. The maximum absolute atomic E-state index is 9.91. The van der Waals surface area contributed by atoms with Gasteiger partial charge in [0.25, 0.3) is 0 Å². The lowest BCUT2D eigenvalue weighted by atomic mass is 10.0. The van der Waals surface area contributed by atoms with Crippen LogP contribution >= 0.6 is 0 Å². The molecule has 0 bridgehead atoms. The molecule has 0 aliphatic heterocycles. The molecule has 0 saturated heterocycles. The Kier molecular flexibility index (Phi) is 17.7. The molecule has 146 valence electrons. The van der Waals surface area contributed by atoms with Crippen molar-refractivity contribution in [3.05, 3.63) is 0 Å². The van der Waals surface area contributed by atoms with E-state index < -0.39 is 5.79 Å². The third kappa shape index (κ3) is 18.3. The number of hydrogen-bond donors (Lipinski definition) is 1. The molecular weight excluding hydrogens is 296 g/mol. The molecule has 0 aromatic rings. The highest BCUT2D eigenvalue weighted by Gasteiger charge is 2.18. The van der Waals surface area contributed by atoms with Crippen molar-refractivity contribution in [2.75, 3.05) is 6.61 Å². The summed E-state index contributed by atoms with van der Waals surface area (Å²) in [6, 6.07) is 0. The molecule has 1 unspecified atom stereocenters. The highest BCUT2D eigenvalue weighted by Crippen LogP contribution is 2.18. The number of rotatable bonds is 19. The minimum Gasteiger partial charge on any atom is -0.366 e. The van der Waals surface area contributed by atoms with Crippen molar-refractivity contribution >= 4 is 0 Å². The second-order valence-corrected chi connectivity index (χ2v) is 7.66. The van der Waals surface area contributed by atoms with Gasteiger partial charge in [-0.25, -0.2) is 0 Å². The summed E-state index contributed by atoms with van der Waals surface area (Å²) in [4.78, 5) is 0. The fraction of sp³-hybridized carbons (Fsp3) is 1.00. The maximum Gasteiger partial charge on any atom is 0.162 e. The molecule has 0 aromatic heterocycles. The van der Waals surface area contributed by atoms with Crippen LogP contribution in [0.15, 0.2) is 0 Å². The summed E-state index contributed by atoms with van der Waals surface area (Å²) in [7, 11) is 0. The van der Waals surface area contributed by atoms with E-state index in [0.717, 1.165) is 12.8 Å². The van der Waals surface area contributed by atoms with Crippen LogP contribution in [0.25, 0.3) is 0 Å². The van der Waals surface area contributed by atoms with Gasteiger partial charge in [0, 0.05) is 13.0 Å². The normalized spacial score (nSPS) is 14.0. The molecule has 0 radical (unpaired) electrons. The molecule has 2 heteroatoms. The summed E-state index contributed by atoms with van der Waals surface area (Å²) in [5.74, 6) is -0.912. The molecule has 0 spiro atoms. The number of unbranched alkanes of at least 4 members (excludes halogenated alkanes) is 15. The lowest BCUT2D eigenvalue weighted by Crippen LogP contribution is -2.27. The fourth-order valence-electron chi connectivity index (χ4n) is 3.38. The van der Waals surface area contributed by atoms with Crippen LogP contribution in [0.3, 0.4) is 0 Å². The minimum atomic E-state index is -0.912. The predicted molar refractivity (Wildman–Crippen MR) is 106 cm³/mol. The van der Waals surface area contributed by atoms with Gasteiger partial charge >= 0.3 is 0 Å². The number of aliphatic hydroxyl groups is 1. The topological polar surface area (TPSA) is 29.5 Å². The van der Waals surface area contributed by atoms with Crippen molar-refractivity contribution in [2.24, 2.45) is 0 Å². The Morgan fingerprint density at radius 1 is 0.583 bits per heavy atom. The van der Waals surface area contributed by atoms with Gasteiger partial charge in [0.15, 0.2) is 5.79 Å². The van der Waals surface area contributed by atoms with Gasteiger partial charge in [-0.15, -0.1) is 0 Å². The molecule has 0 amide bonds. The first-order valence-corrected chi connectivity index (χ1v) is 11.0. The van der Waals surface area contributed by atoms with Crippen LogP contribution in [0.1, 0.15) is 130 Å². The second-order valence-electron chi connectivity index (χ2n) is 7.66. The third-order valence-corrected chi connectivity index (χ3v) is 4.95. The smallest absolute Gasteiger partial charge is 0.162 e. The number of hydrogen-bond acceptors (Lipinski definition) is 2. The van der Waals surface area contributed by atoms with E-state index in [4.69, 9.17) is 4.74 Å². The zero-order valence-electron chi connectivity index (χ0n) is 17.1. The monoisotopic (exact) mass is 342 g/mol. The molecular formula is C22H46O2. The zero-order chi connectivity index (χ0) is 17.9. The molecule has 1 N–H and O–H groups in total. The maximum atomic E-state index is 9.91. The first-order valence-electron chi connectivity index (χ1n) is 11.0. The number of ether oxygens (including phenoxy) is 1. The fourth-order valence-corrected chi connectivity index (χ4v) is 3.38. The van der Waals surface area contributed by atoms with Crippen molar-refractivity contribution < 1.29 is 9.84 Å². The molecule has 0 heterocycles. The van der Waals surface area contributed by atoms with Crippen LogP contribution in [0, 0.1) is 0 Å². The van der Waals surface area contributed by atoms with Gasteiger partial charge in [0.05, 0.1) is 0 Å². The van der Waals surface area contributed by atoms with E-state index >= 15 is 0 Å². The summed E-state index contributed by atoms with van der Waals surface area (Å²) < 4.78 is 5.31. The van der Waals surface area contributed by atoms with Crippen LogP contribution in [0.2, 0.25) is 0 Å². The van der Waals surface area contributed by atoms with Crippen molar-refractivity contribution in [3.63, 3.8) is 0 Å². The molecule has 2 nitrogen and oxygen atoms in total. The summed E-state index contributed by atoms with van der Waals surface area (Å²) in [5, 5.41) is 9.91. The Labute approximate surface area is 152 Å². The Bertz CT molecular complexity index is 238. The molecule has 0 aliphatic rings. The van der Waals surface area contributed by atoms with E-state index in [-0.39, 0.29) is 0 Å². The van der Waals surface area contributed by atoms with Gasteiger partial charge in [0.1, 0.15) is 0 Å². The molecule has 0 saturated carbocycles. The first-order chi connectivity index (χ1) is 11.6. The average Bonchev–Trinajstić information content (AvgIpc) is 2.54. The molecule has 0 fully saturated rings. The second kappa shape index (κ2) is 17.7. The zero-order valence-corrected chi connectivity index (χ0v) is 17.1. The van der Waals surface area contributed by atoms with E-state index in [9.17, 15) is 5.11 Å². The molecule has 0 aromatic carbocycles. The van der Waals surface area contributed by atoms with E-state index in [0.29, 0.717) is 6.61 Å². The van der Waals surface area contributed by atoms with E-state index in [1.54, 1.807) is 6.92 Å². The standard InChI is InChI=1S/C22H46O2/c1-4-6-7-8-9-10-11-12-13-14-15-16-17-18-19-20-21-22(3,23)24-5-2/h23H,4-21H2,1-3H3. The van der Waals surface area contributed by atoms with Gasteiger partial charge in [-0.2, -0.15) is 0 Å². The first kappa shape index (κ1) is 23.9. The van der Waals surface area contributed by atoms with Gasteiger partial charge in [-0.05, 0) is 20.3 Å². The van der Waals surface area contributed by atoms with Crippen molar-refractivity contribution in [1.29, 1.82) is 0 Å². The highest BCUT2D eigenvalue weighted by molar-refractivity contribution is 4.60. The Hall–Kier alpha value is -0.0800. The van der Waals surface area contributed by atoms with Crippen molar-refractivity contribution in [3.8, 4) is 0 Å². The largest absolute Gasteiger partial charge is 0.366 e. The van der Waals surface area contributed by atoms with E-state index in [1.165, 1.54) is 96.3 Å². The van der Waals surface area contributed by atoms with Crippen LogP contribution < -0.4 is 0 Å². The molecule has 0 aliphatic carbocycles. The quantitative estimate of drug-likeness (QED) is 0.196. The van der Waals surface area contributed by atoms with E-state index in [1.807, 2.05) is 6.92 Å². The molecule has 24 heavy (non-hydrogen) atoms. The van der Waals surface area contributed by atoms with E-state index in [2.05, 4.69) is 6.92 Å². The SMILES string of the molecule is CCCCCCCCCCCCCCCCCCC(C)(O)OCC.